The second-order valence-corrected chi connectivity index (χ2v) is 6.60. The SMILES string of the molecule is N[C@@H](c1cc(Br)cc(Br)c1)[C@H](O)C1CCCC1. The van der Waals surface area contributed by atoms with Crippen molar-refractivity contribution in [2.45, 2.75) is 37.8 Å². The zero-order chi connectivity index (χ0) is 12.4. The van der Waals surface area contributed by atoms with Crippen LogP contribution in [0.4, 0.5) is 0 Å². The minimum Gasteiger partial charge on any atom is -0.391 e. The fraction of sp³-hybridized carbons (Fsp3) is 0.538. The van der Waals surface area contributed by atoms with Crippen LogP contribution in [0.25, 0.3) is 0 Å². The number of aliphatic hydroxyl groups excluding tert-OH is 1. The molecule has 2 rings (SSSR count). The summed E-state index contributed by atoms with van der Waals surface area (Å²) in [6.07, 6.45) is 4.21. The maximum Gasteiger partial charge on any atom is 0.0760 e. The van der Waals surface area contributed by atoms with Gasteiger partial charge in [-0.15, -0.1) is 0 Å². The average molecular weight is 363 g/mol. The third-order valence-electron chi connectivity index (χ3n) is 3.52. The zero-order valence-corrected chi connectivity index (χ0v) is 12.7. The van der Waals surface area contributed by atoms with Crippen LogP contribution in [-0.2, 0) is 0 Å². The van der Waals surface area contributed by atoms with Crippen molar-refractivity contribution in [1.29, 1.82) is 0 Å². The lowest BCUT2D eigenvalue weighted by Gasteiger charge is -2.25. The van der Waals surface area contributed by atoms with Gasteiger partial charge in [0.15, 0.2) is 0 Å². The predicted octanol–water partition coefficient (Wildman–Crippen LogP) is 3.76. The van der Waals surface area contributed by atoms with Crippen molar-refractivity contribution in [1.82, 2.24) is 0 Å². The van der Waals surface area contributed by atoms with Crippen LogP contribution in [0.15, 0.2) is 27.1 Å². The topological polar surface area (TPSA) is 46.2 Å². The number of nitrogens with two attached hydrogens (primary N) is 1. The summed E-state index contributed by atoms with van der Waals surface area (Å²) in [6.45, 7) is 0. The van der Waals surface area contributed by atoms with Gasteiger partial charge in [0, 0.05) is 8.95 Å². The van der Waals surface area contributed by atoms with Gasteiger partial charge in [-0.1, -0.05) is 44.7 Å². The minimum absolute atomic E-state index is 0.299. The summed E-state index contributed by atoms with van der Waals surface area (Å²) in [5.41, 5.74) is 7.14. The lowest BCUT2D eigenvalue weighted by atomic mass is 9.91. The number of aliphatic hydroxyl groups is 1. The van der Waals surface area contributed by atoms with E-state index < -0.39 is 6.10 Å². The highest BCUT2D eigenvalue weighted by atomic mass is 79.9. The lowest BCUT2D eigenvalue weighted by Crippen LogP contribution is -2.31. The van der Waals surface area contributed by atoms with Gasteiger partial charge in [0.05, 0.1) is 12.1 Å². The molecule has 1 aromatic carbocycles. The molecule has 17 heavy (non-hydrogen) atoms. The summed E-state index contributed by atoms with van der Waals surface area (Å²) in [5.74, 6) is 0.364. The van der Waals surface area contributed by atoms with Crippen molar-refractivity contribution in [3.63, 3.8) is 0 Å². The molecule has 2 atom stereocenters. The van der Waals surface area contributed by atoms with Gasteiger partial charge in [-0.25, -0.2) is 0 Å². The Morgan fingerprint density at radius 3 is 2.18 bits per heavy atom. The molecule has 0 aliphatic heterocycles. The third kappa shape index (κ3) is 3.31. The molecule has 0 saturated heterocycles. The molecule has 1 saturated carbocycles. The number of halogens is 2. The largest absolute Gasteiger partial charge is 0.391 e. The Balaban J connectivity index is 2.14. The highest BCUT2D eigenvalue weighted by Crippen LogP contribution is 2.33. The Labute approximate surface area is 119 Å². The average Bonchev–Trinajstić information content (AvgIpc) is 2.79. The van der Waals surface area contributed by atoms with Gasteiger partial charge < -0.3 is 10.8 Å². The molecule has 94 valence electrons. The van der Waals surface area contributed by atoms with Crippen LogP contribution in [0.3, 0.4) is 0 Å². The van der Waals surface area contributed by atoms with Crippen molar-refractivity contribution in [2.75, 3.05) is 0 Å². The summed E-state index contributed by atoms with van der Waals surface area (Å²) in [5, 5.41) is 10.3. The van der Waals surface area contributed by atoms with Gasteiger partial charge in [0.25, 0.3) is 0 Å². The van der Waals surface area contributed by atoms with Crippen LogP contribution in [-0.4, -0.2) is 11.2 Å². The fourth-order valence-corrected chi connectivity index (χ4v) is 3.89. The smallest absolute Gasteiger partial charge is 0.0760 e. The quantitative estimate of drug-likeness (QED) is 0.859. The first-order chi connectivity index (χ1) is 8.08. The molecule has 1 aromatic rings. The van der Waals surface area contributed by atoms with E-state index in [2.05, 4.69) is 31.9 Å². The molecule has 1 aliphatic carbocycles. The summed E-state index contributed by atoms with van der Waals surface area (Å²) >= 11 is 6.89. The second kappa shape index (κ2) is 5.83. The Hall–Kier alpha value is 0.1000. The normalized spacial score (nSPS) is 20.5. The molecule has 0 spiro atoms. The molecule has 3 N–H and O–H groups in total. The van der Waals surface area contributed by atoms with Gasteiger partial charge in [-0.05, 0) is 42.5 Å². The lowest BCUT2D eigenvalue weighted by molar-refractivity contribution is 0.0844. The first-order valence-corrected chi connectivity index (χ1v) is 7.56. The van der Waals surface area contributed by atoms with Crippen molar-refractivity contribution in [2.24, 2.45) is 11.7 Å². The Morgan fingerprint density at radius 2 is 1.65 bits per heavy atom. The number of hydrogen-bond acceptors (Lipinski definition) is 2. The summed E-state index contributed by atoms with van der Waals surface area (Å²) < 4.78 is 1.96. The minimum atomic E-state index is -0.432. The molecule has 1 aliphatic rings. The van der Waals surface area contributed by atoms with Gasteiger partial charge >= 0.3 is 0 Å². The van der Waals surface area contributed by atoms with Crippen molar-refractivity contribution >= 4 is 31.9 Å². The Kier molecular flexibility index (Phi) is 4.64. The Morgan fingerprint density at radius 1 is 1.12 bits per heavy atom. The van der Waals surface area contributed by atoms with Crippen LogP contribution >= 0.6 is 31.9 Å². The standard InChI is InChI=1S/C13H17Br2NO/c14-10-5-9(6-11(15)7-10)12(16)13(17)8-3-1-2-4-8/h5-8,12-13,17H,1-4,16H2/t12-,13+/m0/s1. The zero-order valence-electron chi connectivity index (χ0n) is 9.57. The van der Waals surface area contributed by atoms with Crippen LogP contribution in [0.5, 0.6) is 0 Å². The van der Waals surface area contributed by atoms with E-state index in [1.54, 1.807) is 0 Å². The highest BCUT2D eigenvalue weighted by Gasteiger charge is 2.28. The fourth-order valence-electron chi connectivity index (χ4n) is 2.56. The number of benzene rings is 1. The molecule has 4 heteroatoms. The van der Waals surface area contributed by atoms with Crippen molar-refractivity contribution < 1.29 is 5.11 Å². The van der Waals surface area contributed by atoms with Crippen LogP contribution in [0, 0.1) is 5.92 Å². The summed E-state index contributed by atoms with van der Waals surface area (Å²) in [7, 11) is 0. The Bertz CT molecular complexity index is 371. The van der Waals surface area contributed by atoms with E-state index in [-0.39, 0.29) is 6.04 Å². The molecule has 0 unspecified atom stereocenters. The van der Waals surface area contributed by atoms with Crippen molar-refractivity contribution in [3.8, 4) is 0 Å². The van der Waals surface area contributed by atoms with Crippen LogP contribution in [0.1, 0.15) is 37.3 Å². The molecular weight excluding hydrogens is 346 g/mol. The monoisotopic (exact) mass is 361 g/mol. The summed E-state index contributed by atoms with van der Waals surface area (Å²) in [6, 6.07) is 5.63. The van der Waals surface area contributed by atoms with E-state index in [4.69, 9.17) is 5.73 Å². The van der Waals surface area contributed by atoms with Gasteiger partial charge in [-0.3, -0.25) is 0 Å². The predicted molar refractivity (Wildman–Crippen MR) is 76.7 cm³/mol. The third-order valence-corrected chi connectivity index (χ3v) is 4.44. The van der Waals surface area contributed by atoms with Gasteiger partial charge in [0.1, 0.15) is 0 Å². The molecule has 0 amide bonds. The highest BCUT2D eigenvalue weighted by molar-refractivity contribution is 9.11. The van der Waals surface area contributed by atoms with E-state index in [9.17, 15) is 5.11 Å². The van der Waals surface area contributed by atoms with E-state index in [0.717, 1.165) is 27.4 Å². The molecule has 1 fully saturated rings. The first kappa shape index (κ1) is 13.5. The molecule has 0 heterocycles. The molecule has 0 radical (unpaired) electrons. The van der Waals surface area contributed by atoms with Gasteiger partial charge in [-0.2, -0.15) is 0 Å². The summed E-state index contributed by atoms with van der Waals surface area (Å²) in [4.78, 5) is 0. The maximum atomic E-state index is 10.3. The van der Waals surface area contributed by atoms with Crippen molar-refractivity contribution in [3.05, 3.63) is 32.7 Å². The number of hydrogen-bond donors (Lipinski definition) is 2. The van der Waals surface area contributed by atoms with E-state index in [0.29, 0.717) is 5.92 Å². The van der Waals surface area contributed by atoms with Gasteiger partial charge in [0.2, 0.25) is 0 Å². The van der Waals surface area contributed by atoms with Crippen LogP contribution in [0.2, 0.25) is 0 Å². The molecular formula is C13H17Br2NO. The van der Waals surface area contributed by atoms with E-state index >= 15 is 0 Å². The number of rotatable bonds is 3. The van der Waals surface area contributed by atoms with Crippen LogP contribution < -0.4 is 5.73 Å². The maximum absolute atomic E-state index is 10.3. The molecule has 2 nitrogen and oxygen atoms in total. The van der Waals surface area contributed by atoms with E-state index in [1.807, 2.05) is 18.2 Å². The first-order valence-electron chi connectivity index (χ1n) is 5.97. The molecule has 0 aromatic heterocycles. The molecule has 0 bridgehead atoms. The second-order valence-electron chi connectivity index (χ2n) is 4.76. The van der Waals surface area contributed by atoms with E-state index in [1.165, 1.54) is 12.8 Å².